The first-order chi connectivity index (χ1) is 6.52. The van der Waals surface area contributed by atoms with E-state index in [1.165, 1.54) is 13.0 Å². The normalized spacial score (nSPS) is 11.5. The predicted octanol–water partition coefficient (Wildman–Crippen LogP) is 2.45. The highest BCUT2D eigenvalue weighted by Crippen LogP contribution is 2.15. The zero-order valence-corrected chi connectivity index (χ0v) is 7.42. The van der Waals surface area contributed by atoms with Gasteiger partial charge in [-0.15, -0.1) is 0 Å². The fourth-order valence-corrected chi connectivity index (χ4v) is 0.927. The molecule has 1 rings (SSSR count). The average Bonchev–Trinajstić information content (AvgIpc) is 2.11. The molecular weight excluding hydrogens is 190 g/mol. The number of carboxylic acids is 1. The highest BCUT2D eigenvalue weighted by molar-refractivity contribution is 5.91. The van der Waals surface area contributed by atoms with Gasteiger partial charge in [-0.05, 0) is 25.1 Å². The van der Waals surface area contributed by atoms with Crippen LogP contribution in [0.4, 0.5) is 8.78 Å². The quantitative estimate of drug-likeness (QED) is 0.741. The molecule has 0 aromatic heterocycles. The summed E-state index contributed by atoms with van der Waals surface area (Å²) in [5, 5.41) is 8.51. The third-order valence-corrected chi connectivity index (χ3v) is 1.70. The number of rotatable bonds is 2. The van der Waals surface area contributed by atoms with E-state index in [9.17, 15) is 13.6 Å². The lowest BCUT2D eigenvalue weighted by atomic mass is 10.1. The molecule has 0 spiro atoms. The third kappa shape index (κ3) is 2.16. The minimum absolute atomic E-state index is 0.117. The first-order valence-corrected chi connectivity index (χ1v) is 3.88. The van der Waals surface area contributed by atoms with Crippen LogP contribution in [-0.2, 0) is 4.79 Å². The Morgan fingerprint density at radius 2 is 1.86 bits per heavy atom. The third-order valence-electron chi connectivity index (χ3n) is 1.70. The van der Waals surface area contributed by atoms with Gasteiger partial charge in [0.05, 0.1) is 0 Å². The van der Waals surface area contributed by atoms with Gasteiger partial charge in [-0.1, -0.05) is 6.07 Å². The van der Waals surface area contributed by atoms with E-state index in [2.05, 4.69) is 0 Å². The van der Waals surface area contributed by atoms with Crippen LogP contribution in [0.5, 0.6) is 0 Å². The van der Waals surface area contributed by atoms with Gasteiger partial charge in [-0.2, -0.15) is 0 Å². The number of carbonyl (C=O) groups is 1. The molecule has 0 aliphatic carbocycles. The zero-order chi connectivity index (χ0) is 10.7. The molecule has 0 heterocycles. The molecule has 0 fully saturated rings. The molecule has 0 aliphatic heterocycles. The first kappa shape index (κ1) is 10.4. The Morgan fingerprint density at radius 1 is 1.36 bits per heavy atom. The van der Waals surface area contributed by atoms with Crippen molar-refractivity contribution in [3.63, 3.8) is 0 Å². The summed E-state index contributed by atoms with van der Waals surface area (Å²) < 4.78 is 26.0. The molecule has 2 nitrogen and oxygen atoms in total. The van der Waals surface area contributed by atoms with E-state index in [4.69, 9.17) is 5.11 Å². The van der Waals surface area contributed by atoms with Gasteiger partial charge < -0.3 is 5.11 Å². The summed E-state index contributed by atoms with van der Waals surface area (Å²) in [6.07, 6.45) is 0.965. The highest BCUT2D eigenvalue weighted by Gasteiger charge is 2.08. The SMILES string of the molecule is C/C(=C\c1c(F)cccc1F)C(=O)O. The van der Waals surface area contributed by atoms with Crippen molar-refractivity contribution in [3.8, 4) is 0 Å². The fourth-order valence-electron chi connectivity index (χ4n) is 0.927. The van der Waals surface area contributed by atoms with Crippen LogP contribution in [0.1, 0.15) is 12.5 Å². The van der Waals surface area contributed by atoms with Gasteiger partial charge in [-0.3, -0.25) is 0 Å². The molecule has 0 radical (unpaired) electrons. The standard InChI is InChI=1S/C10H8F2O2/c1-6(10(13)14)5-7-8(11)3-2-4-9(7)12/h2-5H,1H3,(H,13,14)/b6-5+. The Kier molecular flexibility index (Phi) is 2.96. The molecule has 1 N–H and O–H groups in total. The second kappa shape index (κ2) is 4.00. The Hall–Kier alpha value is -1.71. The van der Waals surface area contributed by atoms with E-state index >= 15 is 0 Å². The van der Waals surface area contributed by atoms with Crippen molar-refractivity contribution in [3.05, 3.63) is 41.0 Å². The minimum Gasteiger partial charge on any atom is -0.478 e. The number of aliphatic carboxylic acids is 1. The first-order valence-electron chi connectivity index (χ1n) is 3.88. The van der Waals surface area contributed by atoms with Crippen molar-refractivity contribution in [2.24, 2.45) is 0 Å². The zero-order valence-electron chi connectivity index (χ0n) is 7.42. The monoisotopic (exact) mass is 198 g/mol. The van der Waals surface area contributed by atoms with Crippen molar-refractivity contribution in [2.45, 2.75) is 6.92 Å². The van der Waals surface area contributed by atoms with Gasteiger partial charge >= 0.3 is 5.97 Å². The molecule has 0 amide bonds. The summed E-state index contributed by atoms with van der Waals surface area (Å²) in [6, 6.07) is 3.37. The van der Waals surface area contributed by atoms with Gasteiger partial charge in [0.2, 0.25) is 0 Å². The van der Waals surface area contributed by atoms with E-state index in [-0.39, 0.29) is 11.1 Å². The number of benzene rings is 1. The van der Waals surface area contributed by atoms with E-state index in [0.717, 1.165) is 18.2 Å². The maximum Gasteiger partial charge on any atom is 0.331 e. The molecule has 0 unspecified atom stereocenters. The summed E-state index contributed by atoms with van der Waals surface area (Å²) in [6.45, 7) is 1.27. The summed E-state index contributed by atoms with van der Waals surface area (Å²) in [5.74, 6) is -2.75. The van der Waals surface area contributed by atoms with Crippen LogP contribution < -0.4 is 0 Å². The molecule has 74 valence electrons. The predicted molar refractivity (Wildman–Crippen MR) is 47.6 cm³/mol. The van der Waals surface area contributed by atoms with E-state index in [1.807, 2.05) is 0 Å². The Labute approximate surface area is 79.5 Å². The van der Waals surface area contributed by atoms with Crippen LogP contribution in [0.25, 0.3) is 6.08 Å². The Balaban J connectivity index is 3.20. The Bertz CT molecular complexity index is 377. The fraction of sp³-hybridized carbons (Fsp3) is 0.100. The van der Waals surface area contributed by atoms with Crippen LogP contribution >= 0.6 is 0 Å². The lowest BCUT2D eigenvalue weighted by molar-refractivity contribution is -0.132. The summed E-state index contributed by atoms with van der Waals surface area (Å²) >= 11 is 0. The van der Waals surface area contributed by atoms with Crippen molar-refractivity contribution in [2.75, 3.05) is 0 Å². The van der Waals surface area contributed by atoms with E-state index < -0.39 is 17.6 Å². The van der Waals surface area contributed by atoms with Gasteiger partial charge in [0.15, 0.2) is 0 Å². The summed E-state index contributed by atoms with van der Waals surface area (Å²) in [4.78, 5) is 10.4. The second-order valence-corrected chi connectivity index (χ2v) is 2.77. The summed E-state index contributed by atoms with van der Waals surface area (Å²) in [5.41, 5.74) is -0.443. The van der Waals surface area contributed by atoms with Gasteiger partial charge in [0, 0.05) is 11.1 Å². The number of carboxylic acid groups (broad SMARTS) is 1. The van der Waals surface area contributed by atoms with Crippen molar-refractivity contribution in [1.29, 1.82) is 0 Å². The topological polar surface area (TPSA) is 37.3 Å². The molecule has 4 heteroatoms. The van der Waals surface area contributed by atoms with Crippen molar-refractivity contribution in [1.82, 2.24) is 0 Å². The molecule has 0 bridgehead atoms. The Morgan fingerprint density at radius 3 is 2.29 bits per heavy atom. The lowest BCUT2D eigenvalue weighted by Crippen LogP contribution is -1.97. The van der Waals surface area contributed by atoms with Gasteiger partial charge in [0.1, 0.15) is 11.6 Å². The second-order valence-electron chi connectivity index (χ2n) is 2.77. The number of hydrogen-bond donors (Lipinski definition) is 1. The molecule has 0 saturated heterocycles. The highest BCUT2D eigenvalue weighted by atomic mass is 19.1. The lowest BCUT2D eigenvalue weighted by Gasteiger charge is -1.99. The maximum atomic E-state index is 13.0. The van der Waals surface area contributed by atoms with Crippen LogP contribution in [0.2, 0.25) is 0 Å². The van der Waals surface area contributed by atoms with E-state index in [1.54, 1.807) is 0 Å². The molecular formula is C10H8F2O2. The largest absolute Gasteiger partial charge is 0.478 e. The van der Waals surface area contributed by atoms with Crippen LogP contribution in [0.15, 0.2) is 23.8 Å². The minimum atomic E-state index is -1.20. The van der Waals surface area contributed by atoms with Crippen LogP contribution in [-0.4, -0.2) is 11.1 Å². The number of halogens is 2. The summed E-state index contributed by atoms with van der Waals surface area (Å²) in [7, 11) is 0. The van der Waals surface area contributed by atoms with E-state index in [0.29, 0.717) is 0 Å². The number of hydrogen-bond acceptors (Lipinski definition) is 1. The molecule has 0 saturated carbocycles. The van der Waals surface area contributed by atoms with Crippen LogP contribution in [0.3, 0.4) is 0 Å². The smallest absolute Gasteiger partial charge is 0.331 e. The average molecular weight is 198 g/mol. The van der Waals surface area contributed by atoms with Crippen molar-refractivity contribution < 1.29 is 18.7 Å². The van der Waals surface area contributed by atoms with Crippen LogP contribution in [0, 0.1) is 11.6 Å². The molecule has 1 aromatic rings. The van der Waals surface area contributed by atoms with Gasteiger partial charge in [0.25, 0.3) is 0 Å². The molecule has 0 aliphatic rings. The molecule has 14 heavy (non-hydrogen) atoms. The molecule has 1 aromatic carbocycles. The molecule has 0 atom stereocenters. The maximum absolute atomic E-state index is 13.0. The van der Waals surface area contributed by atoms with Gasteiger partial charge in [-0.25, -0.2) is 13.6 Å². The van der Waals surface area contributed by atoms with Crippen molar-refractivity contribution >= 4 is 12.0 Å².